The van der Waals surface area contributed by atoms with Gasteiger partial charge in [-0.1, -0.05) is 28.1 Å². The Labute approximate surface area is 157 Å². The molecule has 2 amide bonds. The van der Waals surface area contributed by atoms with Crippen LogP contribution in [0.2, 0.25) is 0 Å². The van der Waals surface area contributed by atoms with E-state index in [0.717, 1.165) is 21.4 Å². The van der Waals surface area contributed by atoms with Crippen LogP contribution in [0.3, 0.4) is 0 Å². The summed E-state index contributed by atoms with van der Waals surface area (Å²) in [5.74, 6) is -0.820. The number of nitrogens with one attached hydrogen (secondary N) is 3. The first-order valence-corrected chi connectivity index (χ1v) is 8.62. The first kappa shape index (κ1) is 16.3. The lowest BCUT2D eigenvalue weighted by Crippen LogP contribution is -2.36. The Balaban J connectivity index is 1.62. The summed E-state index contributed by atoms with van der Waals surface area (Å²) < 4.78 is 0.799. The van der Waals surface area contributed by atoms with Crippen LogP contribution in [0.4, 0.5) is 5.69 Å². The fourth-order valence-corrected chi connectivity index (χ4v) is 3.11. The second-order valence-electron chi connectivity index (χ2n) is 5.71. The summed E-state index contributed by atoms with van der Waals surface area (Å²) in [4.78, 5) is 31.3. The molecule has 6 nitrogen and oxygen atoms in total. The van der Waals surface area contributed by atoms with E-state index in [1.807, 2.05) is 30.5 Å². The fourth-order valence-electron chi connectivity index (χ4n) is 2.75. The van der Waals surface area contributed by atoms with Gasteiger partial charge < -0.3 is 10.3 Å². The highest BCUT2D eigenvalue weighted by molar-refractivity contribution is 9.10. The number of carbonyl (C=O) groups is 2. The molecule has 0 fully saturated rings. The summed E-state index contributed by atoms with van der Waals surface area (Å²) in [5, 5.41) is 5.47. The van der Waals surface area contributed by atoms with E-state index in [2.05, 4.69) is 36.5 Å². The average molecular weight is 409 g/mol. The van der Waals surface area contributed by atoms with Crippen molar-refractivity contribution in [3.63, 3.8) is 0 Å². The lowest BCUT2D eigenvalue weighted by molar-refractivity contribution is -0.114. The predicted octanol–water partition coefficient (Wildman–Crippen LogP) is 3.56. The number of halogens is 1. The van der Waals surface area contributed by atoms with E-state index in [1.165, 1.54) is 0 Å². The van der Waals surface area contributed by atoms with Crippen molar-refractivity contribution in [1.82, 2.24) is 15.3 Å². The molecule has 0 atom stereocenters. The number of rotatable bonds is 3. The number of hydrogen-bond donors (Lipinski definition) is 3. The third-order valence-electron chi connectivity index (χ3n) is 4.05. The van der Waals surface area contributed by atoms with Gasteiger partial charge >= 0.3 is 0 Å². The Morgan fingerprint density at radius 2 is 1.81 bits per heavy atom. The highest BCUT2D eigenvalue weighted by Crippen LogP contribution is 2.27. The molecule has 0 bridgehead atoms. The Morgan fingerprint density at radius 1 is 1.00 bits per heavy atom. The van der Waals surface area contributed by atoms with Crippen molar-refractivity contribution < 1.29 is 9.59 Å². The first-order valence-electron chi connectivity index (χ1n) is 7.83. The maximum atomic E-state index is 12.2. The molecule has 2 heterocycles. The number of anilines is 1. The molecule has 128 valence electrons. The van der Waals surface area contributed by atoms with Crippen molar-refractivity contribution in [1.29, 1.82) is 0 Å². The van der Waals surface area contributed by atoms with Gasteiger partial charge in [0.2, 0.25) is 0 Å². The topological polar surface area (TPSA) is 86.9 Å². The Hall–Kier alpha value is -3.19. The molecule has 4 rings (SSSR count). The van der Waals surface area contributed by atoms with Gasteiger partial charge in [-0.05, 0) is 30.3 Å². The van der Waals surface area contributed by atoms with Gasteiger partial charge in [0.1, 0.15) is 0 Å². The Bertz CT molecular complexity index is 1020. The summed E-state index contributed by atoms with van der Waals surface area (Å²) in [5.41, 5.74) is 4.12. The molecule has 1 aliphatic rings. The zero-order valence-corrected chi connectivity index (χ0v) is 15.0. The summed E-state index contributed by atoms with van der Waals surface area (Å²) in [6.07, 6.45) is 5.06. The number of benzene rings is 2. The van der Waals surface area contributed by atoms with Gasteiger partial charge in [-0.25, -0.2) is 4.98 Å². The Morgan fingerprint density at radius 3 is 2.54 bits per heavy atom. The van der Waals surface area contributed by atoms with E-state index >= 15 is 0 Å². The molecule has 3 N–H and O–H groups in total. The fraction of sp³-hybridized carbons (Fsp3) is 0. The number of fused-ring (bicyclic) bond motifs is 1. The highest BCUT2D eigenvalue weighted by Gasteiger charge is 2.27. The summed E-state index contributed by atoms with van der Waals surface area (Å²) in [6, 6.07) is 12.9. The molecular formula is C19H13BrN4O2. The third kappa shape index (κ3) is 3.04. The minimum atomic E-state index is -0.429. The van der Waals surface area contributed by atoms with E-state index in [4.69, 9.17) is 0 Å². The maximum absolute atomic E-state index is 12.2. The quantitative estimate of drug-likeness (QED) is 0.456. The summed E-state index contributed by atoms with van der Waals surface area (Å²) in [7, 11) is 0. The zero-order valence-electron chi connectivity index (χ0n) is 13.4. The van der Waals surface area contributed by atoms with Crippen molar-refractivity contribution in [3.05, 3.63) is 76.8 Å². The minimum Gasteiger partial charge on any atom is -0.361 e. The molecule has 2 aromatic carbocycles. The number of imidazole rings is 1. The van der Waals surface area contributed by atoms with Crippen LogP contribution < -0.4 is 10.6 Å². The van der Waals surface area contributed by atoms with E-state index < -0.39 is 11.8 Å². The lowest BCUT2D eigenvalue weighted by Gasteiger charge is -2.18. The van der Waals surface area contributed by atoms with E-state index in [1.54, 1.807) is 30.7 Å². The molecule has 0 aliphatic carbocycles. The third-order valence-corrected chi connectivity index (χ3v) is 4.54. The molecule has 0 unspecified atom stereocenters. The number of hydrogen-bond acceptors (Lipinski definition) is 4. The molecule has 1 aromatic heterocycles. The maximum Gasteiger partial charge on any atom is 0.260 e. The van der Waals surface area contributed by atoms with Crippen molar-refractivity contribution in [2.45, 2.75) is 0 Å². The van der Waals surface area contributed by atoms with Crippen LogP contribution in [0, 0.1) is 0 Å². The number of carbonyl (C=O) groups excluding carboxylic acids is 2. The van der Waals surface area contributed by atoms with E-state index in [-0.39, 0.29) is 0 Å². The van der Waals surface area contributed by atoms with Crippen molar-refractivity contribution in [3.8, 4) is 11.3 Å². The lowest BCUT2D eigenvalue weighted by atomic mass is 9.95. The normalized spacial score (nSPS) is 14.9. The second-order valence-corrected chi connectivity index (χ2v) is 6.62. The molecule has 0 radical (unpaired) electrons. The van der Waals surface area contributed by atoms with Gasteiger partial charge in [-0.3, -0.25) is 14.9 Å². The number of nitrogens with zero attached hydrogens (tertiary/aromatic N) is 1. The van der Waals surface area contributed by atoms with Gasteiger partial charge in [-0.2, -0.15) is 0 Å². The van der Waals surface area contributed by atoms with Crippen LogP contribution in [0.25, 0.3) is 16.8 Å². The Kier molecular flexibility index (Phi) is 4.14. The monoisotopic (exact) mass is 408 g/mol. The molecule has 0 saturated heterocycles. The van der Waals surface area contributed by atoms with Gasteiger partial charge in [0.15, 0.2) is 0 Å². The molecular weight excluding hydrogens is 396 g/mol. The number of aromatic amines is 1. The average Bonchev–Trinajstić information content (AvgIpc) is 3.16. The van der Waals surface area contributed by atoms with Crippen molar-refractivity contribution >= 4 is 39.0 Å². The van der Waals surface area contributed by atoms with Crippen molar-refractivity contribution in [2.24, 2.45) is 0 Å². The predicted molar refractivity (Wildman–Crippen MR) is 102 cm³/mol. The SMILES string of the molecule is O=C1NC(=O)c2ccc(Br)cc2/C1=C/Nc1ccc(-c2c[nH]cn2)cc1. The van der Waals surface area contributed by atoms with Gasteiger partial charge in [0.05, 0.1) is 17.6 Å². The minimum absolute atomic E-state index is 0.391. The van der Waals surface area contributed by atoms with Gasteiger partial charge in [0.25, 0.3) is 11.8 Å². The largest absolute Gasteiger partial charge is 0.361 e. The van der Waals surface area contributed by atoms with Crippen molar-refractivity contribution in [2.75, 3.05) is 5.32 Å². The van der Waals surface area contributed by atoms with E-state index in [9.17, 15) is 9.59 Å². The number of imide groups is 1. The number of H-pyrrole nitrogens is 1. The van der Waals surface area contributed by atoms with Crippen LogP contribution in [-0.4, -0.2) is 21.8 Å². The highest BCUT2D eigenvalue weighted by atomic mass is 79.9. The van der Waals surface area contributed by atoms with Gasteiger partial charge in [0, 0.05) is 39.2 Å². The van der Waals surface area contributed by atoms with Crippen LogP contribution >= 0.6 is 15.9 Å². The molecule has 26 heavy (non-hydrogen) atoms. The smallest absolute Gasteiger partial charge is 0.260 e. The van der Waals surface area contributed by atoms with Crippen LogP contribution in [0.1, 0.15) is 15.9 Å². The molecule has 1 aliphatic heterocycles. The number of aromatic nitrogens is 2. The van der Waals surface area contributed by atoms with Crippen LogP contribution in [0.5, 0.6) is 0 Å². The first-order chi connectivity index (χ1) is 12.6. The number of amides is 2. The van der Waals surface area contributed by atoms with Gasteiger partial charge in [-0.15, -0.1) is 0 Å². The van der Waals surface area contributed by atoms with Crippen LogP contribution in [0.15, 0.2) is 65.7 Å². The summed E-state index contributed by atoms with van der Waals surface area (Å²) in [6.45, 7) is 0. The summed E-state index contributed by atoms with van der Waals surface area (Å²) >= 11 is 3.38. The van der Waals surface area contributed by atoms with E-state index in [0.29, 0.717) is 16.7 Å². The van der Waals surface area contributed by atoms with Crippen LogP contribution in [-0.2, 0) is 4.79 Å². The molecule has 7 heteroatoms. The molecule has 3 aromatic rings. The molecule has 0 saturated carbocycles. The zero-order chi connectivity index (χ0) is 18.1. The second kappa shape index (κ2) is 6.61. The standard InChI is InChI=1S/C19H13BrN4O2/c20-12-3-6-14-15(7-12)16(19(26)24-18(14)25)8-22-13-4-1-11(2-5-13)17-9-21-10-23-17/h1-10,22H,(H,21,23)(H,24,25,26)/b16-8-. The molecule has 0 spiro atoms.